The highest BCUT2D eigenvalue weighted by Gasteiger charge is 2.11. The molecule has 0 aromatic carbocycles. The maximum absolute atomic E-state index is 11.6. The number of furan rings is 1. The van der Waals surface area contributed by atoms with Crippen molar-refractivity contribution in [3.63, 3.8) is 0 Å². The van der Waals surface area contributed by atoms with Gasteiger partial charge in [0.2, 0.25) is 5.91 Å². The molecular formula is C12H20N2O2S. The van der Waals surface area contributed by atoms with Crippen molar-refractivity contribution in [2.45, 2.75) is 19.9 Å². The van der Waals surface area contributed by atoms with E-state index in [2.05, 4.69) is 12.2 Å². The van der Waals surface area contributed by atoms with E-state index in [1.165, 1.54) is 0 Å². The summed E-state index contributed by atoms with van der Waals surface area (Å²) < 4.78 is 5.22. The van der Waals surface area contributed by atoms with Gasteiger partial charge in [-0.3, -0.25) is 4.79 Å². The molecule has 96 valence electrons. The van der Waals surface area contributed by atoms with Crippen LogP contribution in [-0.2, 0) is 4.79 Å². The van der Waals surface area contributed by atoms with Gasteiger partial charge in [-0.15, -0.1) is 0 Å². The molecule has 5 heteroatoms. The zero-order valence-corrected chi connectivity index (χ0v) is 11.1. The number of nitrogens with two attached hydrogens (primary N) is 1. The summed E-state index contributed by atoms with van der Waals surface area (Å²) in [6.07, 6.45) is 1.61. The van der Waals surface area contributed by atoms with Gasteiger partial charge in [0.05, 0.1) is 18.1 Å². The lowest BCUT2D eigenvalue weighted by Crippen LogP contribution is -2.28. The van der Waals surface area contributed by atoms with Crippen molar-refractivity contribution < 1.29 is 9.21 Å². The number of nitrogens with one attached hydrogen (secondary N) is 1. The summed E-state index contributed by atoms with van der Waals surface area (Å²) in [5.41, 5.74) is 5.51. The number of carbonyl (C=O) groups is 1. The van der Waals surface area contributed by atoms with Crippen molar-refractivity contribution in [3.05, 3.63) is 24.2 Å². The smallest absolute Gasteiger partial charge is 0.230 e. The molecule has 0 aliphatic carbocycles. The predicted molar refractivity (Wildman–Crippen MR) is 70.8 cm³/mol. The lowest BCUT2D eigenvalue weighted by Gasteiger charge is -2.12. The van der Waals surface area contributed by atoms with Gasteiger partial charge in [-0.05, 0) is 37.3 Å². The first-order valence-electron chi connectivity index (χ1n) is 5.74. The van der Waals surface area contributed by atoms with Crippen LogP contribution in [0, 0.1) is 5.92 Å². The van der Waals surface area contributed by atoms with Crippen LogP contribution in [0.3, 0.4) is 0 Å². The van der Waals surface area contributed by atoms with E-state index in [0.29, 0.717) is 18.2 Å². The highest BCUT2D eigenvalue weighted by molar-refractivity contribution is 7.99. The fraction of sp³-hybridized carbons (Fsp3) is 0.583. The summed E-state index contributed by atoms with van der Waals surface area (Å²) in [4.78, 5) is 11.6. The molecule has 17 heavy (non-hydrogen) atoms. The summed E-state index contributed by atoms with van der Waals surface area (Å²) in [7, 11) is 0. The van der Waals surface area contributed by atoms with Gasteiger partial charge in [-0.2, -0.15) is 11.8 Å². The third-order valence-electron chi connectivity index (χ3n) is 2.39. The Hall–Kier alpha value is -0.940. The van der Waals surface area contributed by atoms with Crippen LogP contribution in [0.25, 0.3) is 0 Å². The highest BCUT2D eigenvalue weighted by atomic mass is 32.2. The Morgan fingerprint density at radius 2 is 2.35 bits per heavy atom. The molecule has 2 atom stereocenters. The molecule has 0 bridgehead atoms. The summed E-state index contributed by atoms with van der Waals surface area (Å²) in [6, 6.07) is 3.59. The topological polar surface area (TPSA) is 68.3 Å². The van der Waals surface area contributed by atoms with Crippen LogP contribution < -0.4 is 11.1 Å². The van der Waals surface area contributed by atoms with Gasteiger partial charge in [0.1, 0.15) is 5.76 Å². The van der Waals surface area contributed by atoms with E-state index in [4.69, 9.17) is 10.2 Å². The minimum atomic E-state index is -0.0787. The molecule has 0 saturated carbocycles. The molecule has 1 aromatic heterocycles. The van der Waals surface area contributed by atoms with Crippen LogP contribution in [0.15, 0.2) is 22.8 Å². The minimum Gasteiger partial charge on any atom is -0.467 e. The van der Waals surface area contributed by atoms with Crippen molar-refractivity contribution in [3.8, 4) is 0 Å². The molecule has 3 N–H and O–H groups in total. The first kappa shape index (κ1) is 14.1. The zero-order valence-electron chi connectivity index (χ0n) is 10.3. The fourth-order valence-corrected chi connectivity index (χ4v) is 2.24. The molecule has 1 heterocycles. The fourth-order valence-electron chi connectivity index (χ4n) is 1.31. The van der Waals surface area contributed by atoms with Gasteiger partial charge in [0.15, 0.2) is 0 Å². The van der Waals surface area contributed by atoms with Crippen molar-refractivity contribution in [2.24, 2.45) is 11.7 Å². The van der Waals surface area contributed by atoms with Crippen LogP contribution >= 0.6 is 11.8 Å². The molecule has 0 fully saturated rings. The summed E-state index contributed by atoms with van der Waals surface area (Å²) in [5.74, 6) is 2.64. The van der Waals surface area contributed by atoms with Gasteiger partial charge in [-0.25, -0.2) is 0 Å². The van der Waals surface area contributed by atoms with E-state index in [-0.39, 0.29) is 11.9 Å². The van der Waals surface area contributed by atoms with Crippen molar-refractivity contribution in [2.75, 3.05) is 18.1 Å². The standard InChI is InChI=1S/C12H20N2O2S/c1-9(6-13)7-17-8-12(15)14-10(2)11-4-3-5-16-11/h3-5,9-10H,6-8,13H2,1-2H3,(H,14,15). The molecule has 0 saturated heterocycles. The zero-order chi connectivity index (χ0) is 12.7. The van der Waals surface area contributed by atoms with E-state index in [9.17, 15) is 4.79 Å². The van der Waals surface area contributed by atoms with Crippen molar-refractivity contribution in [1.82, 2.24) is 5.32 Å². The Labute approximate surface area is 106 Å². The normalized spacial score (nSPS) is 14.3. The lowest BCUT2D eigenvalue weighted by molar-refractivity contribution is -0.119. The largest absolute Gasteiger partial charge is 0.467 e. The highest BCUT2D eigenvalue weighted by Crippen LogP contribution is 2.13. The van der Waals surface area contributed by atoms with E-state index in [1.54, 1.807) is 18.0 Å². The van der Waals surface area contributed by atoms with Crippen LogP contribution in [0.5, 0.6) is 0 Å². The first-order chi connectivity index (χ1) is 8.13. The molecule has 4 nitrogen and oxygen atoms in total. The van der Waals surface area contributed by atoms with Gasteiger partial charge >= 0.3 is 0 Å². The predicted octanol–water partition coefficient (Wildman–Crippen LogP) is 1.78. The molecule has 0 aliphatic rings. The Morgan fingerprint density at radius 3 is 2.94 bits per heavy atom. The van der Waals surface area contributed by atoms with Crippen LogP contribution in [0.4, 0.5) is 0 Å². The Bertz CT molecular complexity index is 327. The Morgan fingerprint density at radius 1 is 1.59 bits per heavy atom. The number of carbonyl (C=O) groups excluding carboxylic acids is 1. The SMILES string of the molecule is CC(CN)CSCC(=O)NC(C)c1ccco1. The maximum atomic E-state index is 11.6. The third kappa shape index (κ3) is 5.28. The molecular weight excluding hydrogens is 236 g/mol. The van der Waals surface area contributed by atoms with Gasteiger partial charge < -0.3 is 15.5 Å². The summed E-state index contributed by atoms with van der Waals surface area (Å²) >= 11 is 1.61. The second-order valence-electron chi connectivity index (χ2n) is 4.16. The van der Waals surface area contributed by atoms with Crippen LogP contribution in [-0.4, -0.2) is 24.0 Å². The van der Waals surface area contributed by atoms with E-state index >= 15 is 0 Å². The average molecular weight is 256 g/mol. The van der Waals surface area contributed by atoms with E-state index in [1.807, 2.05) is 19.1 Å². The Balaban J connectivity index is 2.21. The van der Waals surface area contributed by atoms with E-state index in [0.717, 1.165) is 11.5 Å². The van der Waals surface area contributed by atoms with E-state index < -0.39 is 0 Å². The molecule has 2 unspecified atom stereocenters. The second-order valence-corrected chi connectivity index (χ2v) is 5.19. The Kier molecular flexibility index (Phi) is 6.15. The quantitative estimate of drug-likeness (QED) is 0.780. The first-order valence-corrected chi connectivity index (χ1v) is 6.89. The van der Waals surface area contributed by atoms with Gasteiger partial charge in [-0.1, -0.05) is 6.92 Å². The van der Waals surface area contributed by atoms with Crippen molar-refractivity contribution in [1.29, 1.82) is 0 Å². The minimum absolute atomic E-state index is 0.0307. The van der Waals surface area contributed by atoms with Crippen molar-refractivity contribution >= 4 is 17.7 Å². The van der Waals surface area contributed by atoms with Crippen LogP contribution in [0.1, 0.15) is 25.6 Å². The summed E-state index contributed by atoms with van der Waals surface area (Å²) in [6.45, 7) is 4.65. The monoisotopic (exact) mass is 256 g/mol. The number of rotatable bonds is 7. The molecule has 1 aromatic rings. The number of amides is 1. The number of hydrogen-bond donors (Lipinski definition) is 2. The number of thioether (sulfide) groups is 1. The van der Waals surface area contributed by atoms with Crippen LogP contribution in [0.2, 0.25) is 0 Å². The molecule has 0 radical (unpaired) electrons. The maximum Gasteiger partial charge on any atom is 0.230 e. The number of hydrogen-bond acceptors (Lipinski definition) is 4. The molecule has 0 spiro atoms. The summed E-state index contributed by atoms with van der Waals surface area (Å²) in [5, 5.41) is 2.89. The van der Waals surface area contributed by atoms with Gasteiger partial charge in [0, 0.05) is 0 Å². The average Bonchev–Trinajstić information content (AvgIpc) is 2.82. The molecule has 1 rings (SSSR count). The molecule has 1 amide bonds. The second kappa shape index (κ2) is 7.40. The lowest BCUT2D eigenvalue weighted by atomic mass is 10.2. The third-order valence-corrected chi connectivity index (χ3v) is 3.66. The molecule has 0 aliphatic heterocycles. The van der Waals surface area contributed by atoms with Gasteiger partial charge in [0.25, 0.3) is 0 Å².